The van der Waals surface area contributed by atoms with Crippen LogP contribution in [0.4, 0.5) is 11.4 Å². The molecule has 1 aromatic carbocycles. The molecule has 2 aliphatic heterocycles. The molecule has 2 amide bonds. The first kappa shape index (κ1) is 18.8. The number of nitrogens with zero attached hydrogens (tertiary/aromatic N) is 1. The minimum Gasteiger partial charge on any atom is -0.755 e. The minimum absolute atomic E-state index is 0.208. The van der Waals surface area contributed by atoms with Crippen molar-refractivity contribution in [3.63, 3.8) is 0 Å². The van der Waals surface area contributed by atoms with Gasteiger partial charge in [0.2, 0.25) is 11.8 Å². The van der Waals surface area contributed by atoms with E-state index in [1.165, 1.54) is 0 Å². The summed E-state index contributed by atoms with van der Waals surface area (Å²) < 4.78 is 24.3. The zero-order chi connectivity index (χ0) is 18.5. The summed E-state index contributed by atoms with van der Waals surface area (Å²) in [6.45, 7) is 2.55. The van der Waals surface area contributed by atoms with Crippen molar-refractivity contribution in [2.24, 2.45) is 5.92 Å². The number of para-hydroxylation sites is 2. The van der Waals surface area contributed by atoms with Gasteiger partial charge in [-0.05, 0) is 50.4 Å². The van der Waals surface area contributed by atoms with Crippen LogP contribution in [0, 0.1) is 5.92 Å². The highest BCUT2D eigenvalue weighted by molar-refractivity contribution is 7.80. The van der Waals surface area contributed by atoms with Crippen LogP contribution in [0.1, 0.15) is 25.7 Å². The third-order valence-corrected chi connectivity index (χ3v) is 5.63. The first-order valence-electron chi connectivity index (χ1n) is 8.82. The number of benzene rings is 1. The molecule has 0 saturated carbocycles. The summed E-state index contributed by atoms with van der Waals surface area (Å²) in [5.74, 6) is -0.234. The Kier molecular flexibility index (Phi) is 6.23. The van der Waals surface area contributed by atoms with Crippen LogP contribution in [0.5, 0.6) is 0 Å². The summed E-state index contributed by atoms with van der Waals surface area (Å²) in [5, 5.41) is 8.78. The molecule has 142 valence electrons. The van der Waals surface area contributed by atoms with Gasteiger partial charge in [-0.2, -0.15) is 0 Å². The highest BCUT2D eigenvalue weighted by atomic mass is 32.2. The molecule has 1 fully saturated rings. The Morgan fingerprint density at radius 3 is 2.77 bits per heavy atom. The largest absolute Gasteiger partial charge is 0.755 e. The molecule has 0 radical (unpaired) electrons. The van der Waals surface area contributed by atoms with Gasteiger partial charge in [-0.15, -0.1) is 0 Å². The van der Waals surface area contributed by atoms with Crippen LogP contribution in [0.25, 0.3) is 0 Å². The number of fused-ring (bicyclic) bond motifs is 1. The molecule has 0 spiro atoms. The number of nitrogens with one attached hydrogen (secondary N) is 3. The maximum Gasteiger partial charge on any atom is 0.248 e. The van der Waals surface area contributed by atoms with E-state index in [0.29, 0.717) is 23.8 Å². The van der Waals surface area contributed by atoms with Crippen molar-refractivity contribution in [3.8, 4) is 0 Å². The van der Waals surface area contributed by atoms with Crippen molar-refractivity contribution in [2.75, 3.05) is 29.3 Å². The number of hydrogen-bond donors (Lipinski definition) is 3. The molecule has 2 unspecified atom stereocenters. The van der Waals surface area contributed by atoms with Crippen molar-refractivity contribution >= 4 is 34.5 Å². The Morgan fingerprint density at radius 2 is 2.04 bits per heavy atom. The Labute approximate surface area is 155 Å². The maximum absolute atomic E-state index is 12.3. The van der Waals surface area contributed by atoms with Crippen molar-refractivity contribution in [3.05, 3.63) is 24.3 Å². The fourth-order valence-corrected chi connectivity index (χ4v) is 4.15. The van der Waals surface area contributed by atoms with E-state index >= 15 is 0 Å². The van der Waals surface area contributed by atoms with Crippen molar-refractivity contribution in [2.45, 2.75) is 31.7 Å². The lowest BCUT2D eigenvalue weighted by atomic mass is 9.95. The van der Waals surface area contributed by atoms with E-state index in [0.717, 1.165) is 36.7 Å². The lowest BCUT2D eigenvalue weighted by molar-refractivity contribution is -0.125. The van der Waals surface area contributed by atoms with E-state index in [1.54, 1.807) is 24.3 Å². The molecule has 1 saturated heterocycles. The van der Waals surface area contributed by atoms with Gasteiger partial charge in [0.05, 0.1) is 17.8 Å². The molecule has 2 aliphatic rings. The zero-order valence-corrected chi connectivity index (χ0v) is 15.2. The third-order valence-electron chi connectivity index (χ3n) is 4.86. The standard InChI is InChI=1S/C17H24N4O4S/c22-16(19-10-7-12-5-8-18-9-6-12)11-15-17(23)20-13-3-1-2-4-14(13)21(15)26(24)25/h1-4,12,15,18H,5-11H2,(H,19,22)(H,20,23)(H,24,25)/p-1. The summed E-state index contributed by atoms with van der Waals surface area (Å²) in [6, 6.07) is 5.54. The van der Waals surface area contributed by atoms with Gasteiger partial charge in [0, 0.05) is 17.8 Å². The van der Waals surface area contributed by atoms with E-state index in [4.69, 9.17) is 0 Å². The van der Waals surface area contributed by atoms with Gasteiger partial charge >= 0.3 is 0 Å². The van der Waals surface area contributed by atoms with Gasteiger partial charge in [0.15, 0.2) is 0 Å². The van der Waals surface area contributed by atoms with Crippen molar-refractivity contribution < 1.29 is 18.4 Å². The molecule has 3 N–H and O–H groups in total. The first-order valence-corrected chi connectivity index (χ1v) is 9.85. The van der Waals surface area contributed by atoms with Crippen LogP contribution in [-0.4, -0.2) is 46.3 Å². The number of amides is 2. The molecule has 1 aromatic rings. The molecule has 2 heterocycles. The number of carbonyl (C=O) groups excluding carboxylic acids is 2. The first-order chi connectivity index (χ1) is 12.6. The topological polar surface area (TPSA) is 114 Å². The van der Waals surface area contributed by atoms with Gasteiger partial charge in [-0.3, -0.25) is 18.1 Å². The Hall–Kier alpha value is -1.97. The predicted molar refractivity (Wildman–Crippen MR) is 98.1 cm³/mol. The molecule has 2 atom stereocenters. The molecule has 0 aromatic heterocycles. The summed E-state index contributed by atoms with van der Waals surface area (Å²) in [4.78, 5) is 24.6. The van der Waals surface area contributed by atoms with Crippen LogP contribution in [0.2, 0.25) is 0 Å². The summed E-state index contributed by atoms with van der Waals surface area (Å²) >= 11 is -2.65. The Balaban J connectivity index is 1.59. The number of rotatable bonds is 6. The normalized spacial score (nSPS) is 21.7. The molecular weight excluding hydrogens is 356 g/mol. The molecule has 0 bridgehead atoms. The van der Waals surface area contributed by atoms with E-state index in [9.17, 15) is 18.4 Å². The van der Waals surface area contributed by atoms with E-state index in [1.807, 2.05) is 0 Å². The average molecular weight is 379 g/mol. The second-order valence-electron chi connectivity index (χ2n) is 6.60. The third kappa shape index (κ3) is 4.40. The van der Waals surface area contributed by atoms with Gasteiger partial charge < -0.3 is 20.5 Å². The zero-order valence-electron chi connectivity index (χ0n) is 14.4. The van der Waals surface area contributed by atoms with Crippen LogP contribution in [0.3, 0.4) is 0 Å². The molecule has 8 nitrogen and oxygen atoms in total. The highest BCUT2D eigenvalue weighted by Crippen LogP contribution is 2.33. The van der Waals surface area contributed by atoms with E-state index < -0.39 is 23.2 Å². The molecule has 3 rings (SSSR count). The predicted octanol–water partition coefficient (Wildman–Crippen LogP) is 0.504. The average Bonchev–Trinajstić information content (AvgIpc) is 2.63. The second-order valence-corrected chi connectivity index (χ2v) is 7.43. The van der Waals surface area contributed by atoms with Gasteiger partial charge in [-0.25, -0.2) is 0 Å². The van der Waals surface area contributed by atoms with Gasteiger partial charge in [0.25, 0.3) is 0 Å². The number of carbonyl (C=O) groups is 2. The van der Waals surface area contributed by atoms with Crippen LogP contribution < -0.4 is 20.3 Å². The quantitative estimate of drug-likeness (QED) is 0.623. The monoisotopic (exact) mass is 379 g/mol. The summed E-state index contributed by atoms with van der Waals surface area (Å²) in [5.41, 5.74) is 0.789. The number of hydrogen-bond acceptors (Lipinski definition) is 5. The van der Waals surface area contributed by atoms with Crippen LogP contribution >= 0.6 is 0 Å². The maximum atomic E-state index is 12.3. The highest BCUT2D eigenvalue weighted by Gasteiger charge is 2.35. The summed E-state index contributed by atoms with van der Waals surface area (Å²) in [7, 11) is 0. The van der Waals surface area contributed by atoms with Crippen LogP contribution in [-0.2, 0) is 20.9 Å². The Morgan fingerprint density at radius 1 is 1.31 bits per heavy atom. The minimum atomic E-state index is -2.65. The SMILES string of the molecule is O=C(CC1C(=O)Nc2ccccc2N1S(=O)[O-])NCCC1CCNCC1. The lowest BCUT2D eigenvalue weighted by Crippen LogP contribution is -2.51. The smallest absolute Gasteiger partial charge is 0.248 e. The fourth-order valence-electron chi connectivity index (χ4n) is 3.46. The summed E-state index contributed by atoms with van der Waals surface area (Å²) in [6.07, 6.45) is 2.88. The molecular formula is C17H23N4O4S-. The van der Waals surface area contributed by atoms with Crippen molar-refractivity contribution in [1.29, 1.82) is 0 Å². The second kappa shape index (κ2) is 8.61. The van der Waals surface area contributed by atoms with E-state index in [-0.39, 0.29) is 12.3 Å². The molecule has 26 heavy (non-hydrogen) atoms. The van der Waals surface area contributed by atoms with Gasteiger partial charge in [0.1, 0.15) is 6.04 Å². The lowest BCUT2D eigenvalue weighted by Gasteiger charge is -2.38. The fraction of sp³-hybridized carbons (Fsp3) is 0.529. The Bertz CT molecular complexity index is 693. The molecule has 0 aliphatic carbocycles. The van der Waals surface area contributed by atoms with Crippen molar-refractivity contribution in [1.82, 2.24) is 10.6 Å². The number of piperidine rings is 1. The van der Waals surface area contributed by atoms with E-state index in [2.05, 4.69) is 16.0 Å². The van der Waals surface area contributed by atoms with Crippen LogP contribution in [0.15, 0.2) is 24.3 Å². The number of anilines is 2. The molecule has 9 heteroatoms. The van der Waals surface area contributed by atoms with Gasteiger partial charge in [-0.1, -0.05) is 12.1 Å².